The first kappa shape index (κ1) is 20.3. The largest absolute Gasteiger partial charge is 0.487 e. The maximum Gasteiger partial charge on any atom is 0.258 e. The molecule has 2 heterocycles. The Morgan fingerprint density at radius 1 is 1.06 bits per heavy atom. The van der Waals surface area contributed by atoms with Crippen molar-refractivity contribution in [1.82, 2.24) is 9.38 Å². The first-order valence-corrected chi connectivity index (χ1v) is 9.69. The molecule has 1 N–H and O–H groups in total. The van der Waals surface area contributed by atoms with Gasteiger partial charge in [0.1, 0.15) is 23.8 Å². The highest BCUT2D eigenvalue weighted by molar-refractivity contribution is 6.04. The van der Waals surface area contributed by atoms with Crippen molar-refractivity contribution in [2.45, 2.75) is 20.5 Å². The van der Waals surface area contributed by atoms with Gasteiger partial charge in [0.2, 0.25) is 0 Å². The Morgan fingerprint density at radius 3 is 2.68 bits per heavy atom. The number of nitrogens with one attached hydrogen (secondary N) is 1. The molecule has 4 aromatic rings. The Balaban J connectivity index is 1.54. The van der Waals surface area contributed by atoms with Crippen LogP contribution in [0.5, 0.6) is 5.75 Å². The van der Waals surface area contributed by atoms with Crippen molar-refractivity contribution in [1.29, 1.82) is 0 Å². The van der Waals surface area contributed by atoms with Crippen LogP contribution >= 0.6 is 0 Å². The molecule has 0 saturated heterocycles. The quantitative estimate of drug-likeness (QED) is 0.526. The molecule has 0 bridgehead atoms. The van der Waals surface area contributed by atoms with Crippen LogP contribution in [0.1, 0.15) is 27.2 Å². The molecule has 0 unspecified atom stereocenters. The summed E-state index contributed by atoms with van der Waals surface area (Å²) in [6.07, 6.45) is 1.67. The van der Waals surface area contributed by atoms with Crippen LogP contribution in [-0.4, -0.2) is 15.3 Å². The van der Waals surface area contributed by atoms with Crippen LogP contribution < -0.4 is 15.6 Å². The molecule has 0 spiro atoms. The summed E-state index contributed by atoms with van der Waals surface area (Å²) in [7, 11) is 0. The van der Waals surface area contributed by atoms with Gasteiger partial charge >= 0.3 is 0 Å². The molecule has 0 radical (unpaired) electrons. The van der Waals surface area contributed by atoms with E-state index in [1.165, 1.54) is 28.7 Å². The number of amides is 1. The van der Waals surface area contributed by atoms with Gasteiger partial charge in [-0.2, -0.15) is 0 Å². The van der Waals surface area contributed by atoms with E-state index in [4.69, 9.17) is 4.74 Å². The van der Waals surface area contributed by atoms with Crippen LogP contribution in [0.2, 0.25) is 0 Å². The highest BCUT2D eigenvalue weighted by atomic mass is 19.1. The lowest BCUT2D eigenvalue weighted by molar-refractivity contribution is 0.102. The number of aryl methyl sites for hydroxylation is 2. The Hall–Kier alpha value is -4.00. The average molecular weight is 417 g/mol. The fourth-order valence-electron chi connectivity index (χ4n) is 3.21. The number of nitrogens with zero attached hydrogens (tertiary/aromatic N) is 2. The van der Waals surface area contributed by atoms with E-state index < -0.39 is 11.7 Å². The van der Waals surface area contributed by atoms with Crippen LogP contribution in [0, 0.1) is 19.7 Å². The maximum atomic E-state index is 13.8. The molecule has 6 nitrogen and oxygen atoms in total. The number of hydrogen-bond donors (Lipinski definition) is 1. The minimum absolute atomic E-state index is 0.0400. The Kier molecular flexibility index (Phi) is 5.49. The number of carbonyl (C=O) groups excluding carboxylic acids is 1. The Bertz CT molecular complexity index is 1350. The fraction of sp³-hybridized carbons (Fsp3) is 0.125. The Labute approximate surface area is 178 Å². The van der Waals surface area contributed by atoms with Gasteiger partial charge in [-0.25, -0.2) is 9.37 Å². The van der Waals surface area contributed by atoms with E-state index in [0.29, 0.717) is 22.8 Å². The van der Waals surface area contributed by atoms with Gasteiger partial charge in [-0.15, -0.1) is 0 Å². The zero-order valence-corrected chi connectivity index (χ0v) is 17.1. The van der Waals surface area contributed by atoms with Crippen molar-refractivity contribution in [3.05, 3.63) is 105 Å². The molecule has 0 saturated carbocycles. The summed E-state index contributed by atoms with van der Waals surface area (Å²) < 4.78 is 21.2. The second kappa shape index (κ2) is 8.39. The third-order valence-corrected chi connectivity index (χ3v) is 4.88. The third kappa shape index (κ3) is 4.30. The van der Waals surface area contributed by atoms with Gasteiger partial charge in [-0.1, -0.05) is 24.3 Å². The van der Waals surface area contributed by atoms with E-state index in [1.807, 2.05) is 19.9 Å². The van der Waals surface area contributed by atoms with Gasteiger partial charge in [0.25, 0.3) is 11.5 Å². The molecule has 0 aliphatic heterocycles. The van der Waals surface area contributed by atoms with Crippen LogP contribution in [-0.2, 0) is 6.61 Å². The molecular formula is C24H20FN3O3. The third-order valence-electron chi connectivity index (χ3n) is 4.88. The summed E-state index contributed by atoms with van der Waals surface area (Å²) in [5.41, 5.74) is 3.05. The minimum atomic E-state index is -0.590. The number of rotatable bonds is 5. The van der Waals surface area contributed by atoms with E-state index >= 15 is 0 Å². The number of pyridine rings is 1. The highest BCUT2D eigenvalue weighted by Crippen LogP contribution is 2.24. The summed E-state index contributed by atoms with van der Waals surface area (Å²) in [6.45, 7) is 3.84. The number of aromatic nitrogens is 2. The highest BCUT2D eigenvalue weighted by Gasteiger charge is 2.12. The van der Waals surface area contributed by atoms with E-state index in [9.17, 15) is 14.0 Å². The number of fused-ring (bicyclic) bond motifs is 1. The predicted octanol–water partition coefficient (Wildman–Crippen LogP) is 4.28. The van der Waals surface area contributed by atoms with Crippen molar-refractivity contribution < 1.29 is 13.9 Å². The molecule has 7 heteroatoms. The molecule has 2 aromatic carbocycles. The van der Waals surface area contributed by atoms with Crippen molar-refractivity contribution in [3.8, 4) is 5.75 Å². The molecular weight excluding hydrogens is 397 g/mol. The second-order valence-electron chi connectivity index (χ2n) is 7.17. The number of anilines is 1. The number of halogens is 1. The van der Waals surface area contributed by atoms with Crippen molar-refractivity contribution in [2.24, 2.45) is 0 Å². The Morgan fingerprint density at radius 2 is 1.87 bits per heavy atom. The van der Waals surface area contributed by atoms with Crippen molar-refractivity contribution in [2.75, 3.05) is 5.32 Å². The first-order valence-electron chi connectivity index (χ1n) is 9.69. The van der Waals surface area contributed by atoms with Gasteiger partial charge in [-0.05, 0) is 49.2 Å². The molecule has 1 amide bonds. The molecule has 4 rings (SSSR count). The van der Waals surface area contributed by atoms with Gasteiger partial charge < -0.3 is 10.1 Å². The van der Waals surface area contributed by atoms with Crippen LogP contribution in [0.25, 0.3) is 5.65 Å². The number of ether oxygens (including phenoxy) is 1. The van der Waals surface area contributed by atoms with Crippen LogP contribution in [0.15, 0.2) is 71.7 Å². The molecule has 0 fully saturated rings. The molecule has 31 heavy (non-hydrogen) atoms. The standard InChI is InChI=1S/C24H20FN3O3/c1-15-9-10-17(27-24(30)19-7-3-4-8-20(19)25)12-21(15)31-14-18-13-22(29)28-11-5-6-16(2)23(28)26-18/h3-13H,14H2,1-2H3,(H,27,30). The second-order valence-corrected chi connectivity index (χ2v) is 7.17. The lowest BCUT2D eigenvalue weighted by Gasteiger charge is -2.12. The van der Waals surface area contributed by atoms with E-state index in [0.717, 1.165) is 11.1 Å². The van der Waals surface area contributed by atoms with Crippen molar-refractivity contribution in [3.63, 3.8) is 0 Å². The van der Waals surface area contributed by atoms with Gasteiger partial charge in [0.15, 0.2) is 0 Å². The topological polar surface area (TPSA) is 72.7 Å². The maximum absolute atomic E-state index is 13.8. The smallest absolute Gasteiger partial charge is 0.258 e. The predicted molar refractivity (Wildman–Crippen MR) is 116 cm³/mol. The number of carbonyl (C=O) groups is 1. The number of hydrogen-bond acceptors (Lipinski definition) is 4. The molecule has 0 aliphatic carbocycles. The van der Waals surface area contributed by atoms with Crippen molar-refractivity contribution >= 4 is 17.2 Å². The van der Waals surface area contributed by atoms with E-state index in [2.05, 4.69) is 10.3 Å². The van der Waals surface area contributed by atoms with Gasteiger partial charge in [-0.3, -0.25) is 14.0 Å². The summed E-state index contributed by atoms with van der Waals surface area (Å²) in [5.74, 6) is -0.613. The van der Waals surface area contributed by atoms with Gasteiger partial charge in [0, 0.05) is 24.0 Å². The summed E-state index contributed by atoms with van der Waals surface area (Å²) in [6, 6.07) is 16.1. The summed E-state index contributed by atoms with van der Waals surface area (Å²) in [4.78, 5) is 29.2. The molecule has 0 aliphatic rings. The van der Waals surface area contributed by atoms with Crippen LogP contribution in [0.3, 0.4) is 0 Å². The SMILES string of the molecule is Cc1ccc(NC(=O)c2ccccc2F)cc1OCc1cc(=O)n2cccc(C)c2n1. The van der Waals surface area contributed by atoms with Gasteiger partial charge in [0.05, 0.1) is 11.3 Å². The first-order chi connectivity index (χ1) is 14.9. The monoisotopic (exact) mass is 417 g/mol. The molecule has 156 valence electrons. The lowest BCUT2D eigenvalue weighted by Crippen LogP contribution is -2.17. The summed E-state index contributed by atoms with van der Waals surface area (Å²) >= 11 is 0. The zero-order valence-electron chi connectivity index (χ0n) is 17.1. The molecule has 2 aromatic heterocycles. The van der Waals surface area contributed by atoms with Crippen LogP contribution in [0.4, 0.5) is 10.1 Å². The fourth-order valence-corrected chi connectivity index (χ4v) is 3.21. The van der Waals surface area contributed by atoms with E-state index in [1.54, 1.807) is 36.5 Å². The zero-order chi connectivity index (χ0) is 22.0. The normalized spacial score (nSPS) is 10.8. The summed E-state index contributed by atoms with van der Waals surface area (Å²) in [5, 5.41) is 2.68. The average Bonchev–Trinajstić information content (AvgIpc) is 2.75. The van der Waals surface area contributed by atoms with E-state index in [-0.39, 0.29) is 17.7 Å². The number of benzene rings is 2. The minimum Gasteiger partial charge on any atom is -0.487 e. The lowest BCUT2D eigenvalue weighted by atomic mass is 10.1. The molecule has 0 atom stereocenters.